The van der Waals surface area contributed by atoms with Gasteiger partial charge in [-0.2, -0.15) is 5.10 Å². The molecule has 2 aromatic rings. The monoisotopic (exact) mass is 369 g/mol. The second-order valence-electron chi connectivity index (χ2n) is 7.65. The molecule has 27 heavy (non-hydrogen) atoms. The molecular formula is C19H27N7O. The number of carbonyl (C=O) groups is 1. The second kappa shape index (κ2) is 7.74. The van der Waals surface area contributed by atoms with Crippen LogP contribution in [0.1, 0.15) is 34.7 Å². The molecule has 0 saturated carbocycles. The Bertz CT molecular complexity index is 745. The van der Waals surface area contributed by atoms with Crippen molar-refractivity contribution in [2.24, 2.45) is 0 Å². The van der Waals surface area contributed by atoms with E-state index < -0.39 is 0 Å². The zero-order chi connectivity index (χ0) is 18.7. The van der Waals surface area contributed by atoms with Gasteiger partial charge in [-0.15, -0.1) is 0 Å². The van der Waals surface area contributed by atoms with Crippen molar-refractivity contribution in [1.82, 2.24) is 35.3 Å². The lowest BCUT2D eigenvalue weighted by Gasteiger charge is -2.43. The van der Waals surface area contributed by atoms with Crippen molar-refractivity contribution in [3.05, 3.63) is 41.7 Å². The van der Waals surface area contributed by atoms with Crippen LogP contribution in [-0.2, 0) is 5.41 Å². The molecule has 8 nitrogen and oxygen atoms in total. The van der Waals surface area contributed by atoms with E-state index in [-0.39, 0.29) is 11.3 Å². The molecule has 144 valence electrons. The molecule has 2 saturated heterocycles. The molecule has 8 heteroatoms. The summed E-state index contributed by atoms with van der Waals surface area (Å²) >= 11 is 0. The second-order valence-corrected chi connectivity index (χ2v) is 7.65. The molecule has 0 atom stereocenters. The molecule has 2 aromatic heterocycles. The molecule has 2 aliphatic heterocycles. The summed E-state index contributed by atoms with van der Waals surface area (Å²) in [7, 11) is 0. The summed E-state index contributed by atoms with van der Waals surface area (Å²) in [4.78, 5) is 25.5. The van der Waals surface area contributed by atoms with Gasteiger partial charge in [0.05, 0.1) is 0 Å². The van der Waals surface area contributed by atoms with Crippen molar-refractivity contribution < 1.29 is 4.79 Å². The number of amides is 1. The number of hydrogen-bond acceptors (Lipinski definition) is 6. The summed E-state index contributed by atoms with van der Waals surface area (Å²) in [6.07, 6.45) is 5.55. The van der Waals surface area contributed by atoms with Crippen molar-refractivity contribution in [3.63, 3.8) is 0 Å². The number of aryl methyl sites for hydroxylation is 1. The van der Waals surface area contributed by atoms with Crippen LogP contribution in [0.2, 0.25) is 0 Å². The first-order chi connectivity index (χ1) is 13.2. The minimum atomic E-state index is -0.0658. The lowest BCUT2D eigenvalue weighted by atomic mass is 9.75. The number of aromatic nitrogens is 4. The Morgan fingerprint density at radius 3 is 2.56 bits per heavy atom. The number of hydrogen-bond donors (Lipinski definition) is 2. The molecule has 4 rings (SSSR count). The smallest absolute Gasteiger partial charge is 0.291 e. The molecule has 1 amide bonds. The number of H-pyrrole nitrogens is 1. The number of carbonyl (C=O) groups excluding carboxylic acids is 1. The van der Waals surface area contributed by atoms with Crippen LogP contribution in [0.25, 0.3) is 0 Å². The SMILES string of the molecule is Cc1ccc(C2(CN3CCN(C(=O)c4ncn[nH]4)CC3)CCNCC2)nc1. The molecule has 4 heterocycles. The summed E-state index contributed by atoms with van der Waals surface area (Å²) in [5.41, 5.74) is 2.49. The van der Waals surface area contributed by atoms with E-state index in [1.165, 1.54) is 17.6 Å². The summed E-state index contributed by atoms with van der Waals surface area (Å²) in [6.45, 7) is 8.32. The Kier molecular flexibility index (Phi) is 5.18. The fraction of sp³-hybridized carbons (Fsp3) is 0.579. The fourth-order valence-electron chi connectivity index (χ4n) is 4.18. The van der Waals surface area contributed by atoms with Gasteiger partial charge in [0.1, 0.15) is 6.33 Å². The van der Waals surface area contributed by atoms with Gasteiger partial charge in [-0.05, 0) is 44.5 Å². The molecule has 0 aliphatic carbocycles. The lowest BCUT2D eigenvalue weighted by molar-refractivity contribution is 0.0574. The van der Waals surface area contributed by atoms with Crippen LogP contribution in [0.4, 0.5) is 0 Å². The number of nitrogens with one attached hydrogen (secondary N) is 2. The first-order valence-corrected chi connectivity index (χ1v) is 9.67. The highest BCUT2D eigenvalue weighted by Gasteiger charge is 2.38. The van der Waals surface area contributed by atoms with Crippen molar-refractivity contribution in [3.8, 4) is 0 Å². The summed E-state index contributed by atoms with van der Waals surface area (Å²) in [5, 5.41) is 9.91. The Hall–Kier alpha value is -2.32. The molecule has 0 radical (unpaired) electrons. The largest absolute Gasteiger partial charge is 0.333 e. The van der Waals surface area contributed by atoms with Crippen LogP contribution < -0.4 is 5.32 Å². The van der Waals surface area contributed by atoms with E-state index in [1.807, 2.05) is 11.1 Å². The van der Waals surface area contributed by atoms with Crippen LogP contribution in [0, 0.1) is 6.92 Å². The van der Waals surface area contributed by atoms with Gasteiger partial charge in [-0.25, -0.2) is 4.98 Å². The number of pyridine rings is 1. The van der Waals surface area contributed by atoms with E-state index in [0.29, 0.717) is 5.82 Å². The van der Waals surface area contributed by atoms with Crippen LogP contribution in [0.5, 0.6) is 0 Å². The third-order valence-corrected chi connectivity index (χ3v) is 5.82. The van der Waals surface area contributed by atoms with Crippen molar-refractivity contribution in [2.75, 3.05) is 45.8 Å². The predicted octanol–water partition coefficient (Wildman–Crippen LogP) is 0.587. The Balaban J connectivity index is 1.42. The van der Waals surface area contributed by atoms with Gasteiger partial charge in [-0.3, -0.25) is 19.8 Å². The number of nitrogens with zero attached hydrogens (tertiary/aromatic N) is 5. The third kappa shape index (κ3) is 3.86. The molecule has 2 fully saturated rings. The van der Waals surface area contributed by atoms with E-state index in [4.69, 9.17) is 4.98 Å². The van der Waals surface area contributed by atoms with E-state index in [1.54, 1.807) is 0 Å². The Morgan fingerprint density at radius 2 is 1.93 bits per heavy atom. The maximum Gasteiger partial charge on any atom is 0.291 e. The van der Waals surface area contributed by atoms with Gasteiger partial charge in [0, 0.05) is 50.0 Å². The van der Waals surface area contributed by atoms with Crippen LogP contribution in [0.3, 0.4) is 0 Å². The van der Waals surface area contributed by atoms with Gasteiger partial charge in [0.25, 0.3) is 5.91 Å². The van der Waals surface area contributed by atoms with Crippen molar-refractivity contribution in [2.45, 2.75) is 25.2 Å². The molecule has 2 N–H and O–H groups in total. The normalized spacial score (nSPS) is 20.6. The topological polar surface area (TPSA) is 90.0 Å². The van der Waals surface area contributed by atoms with E-state index in [2.05, 4.69) is 44.5 Å². The number of piperazine rings is 1. The highest BCUT2D eigenvalue weighted by atomic mass is 16.2. The van der Waals surface area contributed by atoms with Crippen molar-refractivity contribution >= 4 is 5.91 Å². The van der Waals surface area contributed by atoms with Gasteiger partial charge < -0.3 is 10.2 Å². The lowest BCUT2D eigenvalue weighted by Crippen LogP contribution is -2.54. The fourth-order valence-corrected chi connectivity index (χ4v) is 4.18. The number of rotatable bonds is 4. The van der Waals surface area contributed by atoms with Crippen LogP contribution in [-0.4, -0.2) is 81.7 Å². The molecule has 0 spiro atoms. The standard InChI is InChI=1S/C19H27N7O/c1-15-2-3-16(21-12-15)19(4-6-20-7-5-19)13-25-8-10-26(11-9-25)18(27)17-22-14-23-24-17/h2-3,12,14,20H,4-11,13H2,1H3,(H,22,23,24). The Morgan fingerprint density at radius 1 is 1.15 bits per heavy atom. The summed E-state index contributed by atoms with van der Waals surface area (Å²) in [6, 6.07) is 4.37. The maximum atomic E-state index is 12.4. The highest BCUT2D eigenvalue weighted by molar-refractivity contribution is 5.90. The van der Waals surface area contributed by atoms with Crippen LogP contribution in [0.15, 0.2) is 24.7 Å². The summed E-state index contributed by atoms with van der Waals surface area (Å²) < 4.78 is 0. The molecule has 2 aliphatic rings. The molecule has 0 unspecified atom stereocenters. The average Bonchev–Trinajstić information content (AvgIpc) is 3.24. The third-order valence-electron chi connectivity index (χ3n) is 5.82. The average molecular weight is 369 g/mol. The first-order valence-electron chi connectivity index (χ1n) is 9.67. The quantitative estimate of drug-likeness (QED) is 0.820. The van der Waals surface area contributed by atoms with Crippen LogP contribution >= 0.6 is 0 Å². The highest BCUT2D eigenvalue weighted by Crippen LogP contribution is 2.33. The first kappa shape index (κ1) is 18.1. The zero-order valence-corrected chi connectivity index (χ0v) is 15.8. The van der Waals surface area contributed by atoms with E-state index in [9.17, 15) is 4.79 Å². The molecule has 0 aromatic carbocycles. The minimum Gasteiger partial charge on any atom is -0.333 e. The zero-order valence-electron chi connectivity index (χ0n) is 15.8. The van der Waals surface area contributed by atoms with E-state index >= 15 is 0 Å². The van der Waals surface area contributed by atoms with Gasteiger partial charge in [0.2, 0.25) is 5.82 Å². The molecule has 0 bridgehead atoms. The number of aromatic amines is 1. The van der Waals surface area contributed by atoms with Crippen molar-refractivity contribution in [1.29, 1.82) is 0 Å². The maximum absolute atomic E-state index is 12.4. The Labute approximate surface area is 159 Å². The van der Waals surface area contributed by atoms with E-state index in [0.717, 1.165) is 58.7 Å². The van der Waals surface area contributed by atoms with Gasteiger partial charge in [0.15, 0.2) is 0 Å². The van der Waals surface area contributed by atoms with Gasteiger partial charge in [-0.1, -0.05) is 6.07 Å². The number of piperidine rings is 1. The van der Waals surface area contributed by atoms with Gasteiger partial charge >= 0.3 is 0 Å². The predicted molar refractivity (Wildman–Crippen MR) is 101 cm³/mol. The minimum absolute atomic E-state index is 0.0658. The summed E-state index contributed by atoms with van der Waals surface area (Å²) in [5.74, 6) is 0.256. The molecular weight excluding hydrogens is 342 g/mol.